The van der Waals surface area contributed by atoms with E-state index in [2.05, 4.69) is 22.8 Å². The molecular formula is C28H28N2O5. The highest BCUT2D eigenvalue weighted by Gasteiger charge is 2.30. The Morgan fingerprint density at radius 1 is 0.914 bits per heavy atom. The molecule has 3 aromatic carbocycles. The van der Waals surface area contributed by atoms with Gasteiger partial charge in [0.05, 0.1) is 5.56 Å². The molecule has 35 heavy (non-hydrogen) atoms. The van der Waals surface area contributed by atoms with Gasteiger partial charge in [0.25, 0.3) is 0 Å². The molecule has 0 spiro atoms. The minimum absolute atomic E-state index is 0.0825. The van der Waals surface area contributed by atoms with Gasteiger partial charge in [-0.2, -0.15) is 0 Å². The fourth-order valence-corrected chi connectivity index (χ4v) is 4.52. The van der Waals surface area contributed by atoms with Crippen LogP contribution in [0.5, 0.6) is 0 Å². The molecule has 0 fully saturated rings. The lowest BCUT2D eigenvalue weighted by Crippen LogP contribution is -2.47. The number of ether oxygens (including phenoxy) is 1. The first-order chi connectivity index (χ1) is 16.8. The maximum atomic E-state index is 13.0. The molecule has 7 heteroatoms. The van der Waals surface area contributed by atoms with E-state index in [0.717, 1.165) is 22.3 Å². The molecule has 3 N–H and O–H groups in total. The van der Waals surface area contributed by atoms with Crippen LogP contribution in [-0.2, 0) is 9.53 Å². The number of anilines is 1. The van der Waals surface area contributed by atoms with Gasteiger partial charge >= 0.3 is 12.1 Å². The van der Waals surface area contributed by atoms with Gasteiger partial charge < -0.3 is 20.5 Å². The molecule has 0 heterocycles. The number of amides is 2. The number of carbonyl (C=O) groups excluding carboxylic acids is 2. The molecule has 0 aromatic heterocycles. The molecule has 0 aliphatic heterocycles. The molecule has 3 aromatic rings. The standard InChI is InChI=1S/C28H28N2O5/c1-16(2)25(26(31)29-24-14-8-13-18(17(24)3)27(32)33)30-28(34)35-15-23-21-11-6-4-9-19(21)20-10-5-7-12-22(20)23/h4-14,16,23,25H,15H2,1-3H3,(H,29,31)(H,30,34)(H,32,33). The van der Waals surface area contributed by atoms with Crippen LogP contribution in [0.2, 0.25) is 0 Å². The Balaban J connectivity index is 1.44. The molecule has 1 aliphatic rings. The Morgan fingerprint density at radius 3 is 2.09 bits per heavy atom. The van der Waals surface area contributed by atoms with Crippen molar-refractivity contribution in [1.82, 2.24) is 5.32 Å². The van der Waals surface area contributed by atoms with E-state index >= 15 is 0 Å². The maximum Gasteiger partial charge on any atom is 0.407 e. The number of carboxylic acid groups (broad SMARTS) is 1. The van der Waals surface area contributed by atoms with Crippen molar-refractivity contribution in [3.05, 3.63) is 89.0 Å². The van der Waals surface area contributed by atoms with Crippen LogP contribution in [-0.4, -0.2) is 35.7 Å². The molecule has 180 valence electrons. The Hall–Kier alpha value is -4.13. The number of alkyl carbamates (subject to hydrolysis) is 1. The fourth-order valence-electron chi connectivity index (χ4n) is 4.52. The minimum Gasteiger partial charge on any atom is -0.478 e. The third kappa shape index (κ3) is 4.89. The molecule has 1 unspecified atom stereocenters. The van der Waals surface area contributed by atoms with Crippen molar-refractivity contribution in [3.8, 4) is 11.1 Å². The molecular weight excluding hydrogens is 444 g/mol. The Morgan fingerprint density at radius 2 is 1.51 bits per heavy atom. The van der Waals surface area contributed by atoms with E-state index in [0.29, 0.717) is 11.3 Å². The minimum atomic E-state index is -1.07. The first-order valence-electron chi connectivity index (χ1n) is 11.5. The van der Waals surface area contributed by atoms with Gasteiger partial charge in [-0.15, -0.1) is 0 Å². The highest BCUT2D eigenvalue weighted by atomic mass is 16.5. The van der Waals surface area contributed by atoms with E-state index in [9.17, 15) is 19.5 Å². The summed E-state index contributed by atoms with van der Waals surface area (Å²) in [5, 5.41) is 14.7. The topological polar surface area (TPSA) is 105 Å². The fraction of sp³-hybridized carbons (Fsp3) is 0.250. The van der Waals surface area contributed by atoms with Crippen molar-refractivity contribution >= 4 is 23.7 Å². The second kappa shape index (κ2) is 10.0. The summed E-state index contributed by atoms with van der Waals surface area (Å²) in [7, 11) is 0. The van der Waals surface area contributed by atoms with E-state index in [-0.39, 0.29) is 24.0 Å². The zero-order chi connectivity index (χ0) is 25.1. The van der Waals surface area contributed by atoms with Crippen LogP contribution < -0.4 is 10.6 Å². The van der Waals surface area contributed by atoms with Crippen molar-refractivity contribution in [2.24, 2.45) is 5.92 Å². The Kier molecular flexibility index (Phi) is 6.87. The second-order valence-electron chi connectivity index (χ2n) is 8.96. The molecule has 1 aliphatic carbocycles. The van der Waals surface area contributed by atoms with Gasteiger partial charge in [0, 0.05) is 11.6 Å². The van der Waals surface area contributed by atoms with Crippen molar-refractivity contribution < 1.29 is 24.2 Å². The summed E-state index contributed by atoms with van der Waals surface area (Å²) in [6, 6.07) is 19.9. The number of carbonyl (C=O) groups is 3. The predicted octanol–water partition coefficient (Wildman–Crippen LogP) is 5.20. The first-order valence-corrected chi connectivity index (χ1v) is 11.5. The number of hydrogen-bond donors (Lipinski definition) is 3. The molecule has 0 saturated heterocycles. The lowest BCUT2D eigenvalue weighted by molar-refractivity contribution is -0.119. The average Bonchev–Trinajstić information content (AvgIpc) is 3.15. The third-order valence-electron chi connectivity index (χ3n) is 6.39. The normalized spacial score (nSPS) is 13.0. The summed E-state index contributed by atoms with van der Waals surface area (Å²) in [4.78, 5) is 37.1. The maximum absolute atomic E-state index is 13.0. The summed E-state index contributed by atoms with van der Waals surface area (Å²) >= 11 is 0. The Labute approximate surface area is 204 Å². The number of benzene rings is 3. The number of fused-ring (bicyclic) bond motifs is 3. The zero-order valence-corrected chi connectivity index (χ0v) is 19.9. The monoisotopic (exact) mass is 472 g/mol. The summed E-state index contributed by atoms with van der Waals surface area (Å²) in [6.07, 6.45) is -0.684. The molecule has 4 rings (SSSR count). The van der Waals surface area contributed by atoms with Crippen LogP contribution in [0.4, 0.5) is 10.5 Å². The van der Waals surface area contributed by atoms with Crippen molar-refractivity contribution in [3.63, 3.8) is 0 Å². The van der Waals surface area contributed by atoms with E-state index in [1.807, 2.05) is 50.2 Å². The van der Waals surface area contributed by atoms with Gasteiger partial charge in [-0.25, -0.2) is 9.59 Å². The van der Waals surface area contributed by atoms with Gasteiger partial charge in [-0.05, 0) is 52.8 Å². The van der Waals surface area contributed by atoms with E-state index < -0.39 is 24.0 Å². The average molecular weight is 473 g/mol. The molecule has 0 saturated carbocycles. The van der Waals surface area contributed by atoms with E-state index in [4.69, 9.17) is 4.74 Å². The lowest BCUT2D eigenvalue weighted by atomic mass is 9.98. The van der Waals surface area contributed by atoms with Gasteiger partial charge in [0.2, 0.25) is 5.91 Å². The van der Waals surface area contributed by atoms with Crippen LogP contribution in [0.25, 0.3) is 11.1 Å². The summed E-state index contributed by atoms with van der Waals surface area (Å²) in [5.74, 6) is -1.82. The van der Waals surface area contributed by atoms with Crippen LogP contribution in [0, 0.1) is 12.8 Å². The first kappa shape index (κ1) is 24.0. The van der Waals surface area contributed by atoms with Crippen molar-refractivity contribution in [1.29, 1.82) is 0 Å². The molecule has 7 nitrogen and oxygen atoms in total. The number of aromatic carboxylic acids is 1. The highest BCUT2D eigenvalue weighted by Crippen LogP contribution is 2.44. The summed E-state index contributed by atoms with van der Waals surface area (Å²) in [5.41, 5.74) is 5.41. The molecule has 1 atom stereocenters. The van der Waals surface area contributed by atoms with E-state index in [1.165, 1.54) is 6.07 Å². The van der Waals surface area contributed by atoms with Gasteiger partial charge in [-0.1, -0.05) is 68.4 Å². The number of rotatable bonds is 7. The SMILES string of the molecule is Cc1c(NC(=O)C(NC(=O)OCC2c3ccccc3-c3ccccc32)C(C)C)cccc1C(=O)O. The second-order valence-corrected chi connectivity index (χ2v) is 8.96. The smallest absolute Gasteiger partial charge is 0.407 e. The van der Waals surface area contributed by atoms with Crippen LogP contribution >= 0.6 is 0 Å². The number of hydrogen-bond acceptors (Lipinski definition) is 4. The van der Waals surface area contributed by atoms with Crippen LogP contribution in [0.15, 0.2) is 66.7 Å². The highest BCUT2D eigenvalue weighted by molar-refractivity contribution is 5.99. The van der Waals surface area contributed by atoms with Crippen LogP contribution in [0.1, 0.15) is 46.8 Å². The molecule has 0 radical (unpaired) electrons. The van der Waals surface area contributed by atoms with Gasteiger partial charge in [0.15, 0.2) is 0 Å². The molecule has 2 amide bonds. The molecule has 0 bridgehead atoms. The quantitative estimate of drug-likeness (QED) is 0.439. The lowest BCUT2D eigenvalue weighted by Gasteiger charge is -2.23. The summed E-state index contributed by atoms with van der Waals surface area (Å²) < 4.78 is 5.59. The number of carboxylic acids is 1. The van der Waals surface area contributed by atoms with Crippen LogP contribution in [0.3, 0.4) is 0 Å². The third-order valence-corrected chi connectivity index (χ3v) is 6.39. The summed E-state index contributed by atoms with van der Waals surface area (Å²) in [6.45, 7) is 5.40. The Bertz CT molecular complexity index is 1240. The zero-order valence-electron chi connectivity index (χ0n) is 19.9. The van der Waals surface area contributed by atoms with Gasteiger partial charge in [-0.3, -0.25) is 4.79 Å². The number of nitrogens with one attached hydrogen (secondary N) is 2. The van der Waals surface area contributed by atoms with Crippen molar-refractivity contribution in [2.45, 2.75) is 32.7 Å². The van der Waals surface area contributed by atoms with Crippen molar-refractivity contribution in [2.75, 3.05) is 11.9 Å². The van der Waals surface area contributed by atoms with Gasteiger partial charge in [0.1, 0.15) is 12.6 Å². The predicted molar refractivity (Wildman–Crippen MR) is 134 cm³/mol. The largest absolute Gasteiger partial charge is 0.478 e. The van der Waals surface area contributed by atoms with E-state index in [1.54, 1.807) is 19.1 Å².